The van der Waals surface area contributed by atoms with Gasteiger partial charge in [0.05, 0.1) is 11.5 Å². The number of hydrogen-bond acceptors (Lipinski definition) is 5. The predicted octanol–water partition coefficient (Wildman–Crippen LogP) is 3.53. The lowest BCUT2D eigenvalue weighted by atomic mass is 9.86. The first-order chi connectivity index (χ1) is 9.60. The zero-order valence-electron chi connectivity index (χ0n) is 12.8. The third-order valence-electron chi connectivity index (χ3n) is 2.87. The molecule has 1 aromatic carbocycles. The van der Waals surface area contributed by atoms with E-state index in [9.17, 15) is 20.0 Å². The molecule has 6 nitrogen and oxygen atoms in total. The van der Waals surface area contributed by atoms with Crippen molar-refractivity contribution in [2.24, 2.45) is 11.3 Å². The summed E-state index contributed by atoms with van der Waals surface area (Å²) in [6.45, 7) is 8.46. The van der Waals surface area contributed by atoms with Gasteiger partial charge in [0.1, 0.15) is 11.3 Å². The van der Waals surface area contributed by atoms with Gasteiger partial charge in [-0.15, -0.1) is 0 Å². The van der Waals surface area contributed by atoms with Crippen molar-refractivity contribution in [1.82, 2.24) is 0 Å². The number of esters is 1. The van der Waals surface area contributed by atoms with Gasteiger partial charge in [0.15, 0.2) is 0 Å². The summed E-state index contributed by atoms with van der Waals surface area (Å²) in [4.78, 5) is 22.0. The molecule has 0 bridgehead atoms. The lowest BCUT2D eigenvalue weighted by Gasteiger charge is -2.22. The second-order valence-electron chi connectivity index (χ2n) is 6.43. The number of nitro groups is 1. The average Bonchev–Trinajstić information content (AvgIpc) is 2.34. The lowest BCUT2D eigenvalue weighted by Crippen LogP contribution is -2.18. The molecule has 0 aromatic heterocycles. The number of carbonyl (C=O) groups is 1. The highest BCUT2D eigenvalue weighted by Gasteiger charge is 2.20. The largest absolute Gasteiger partial charge is 0.507 e. The normalized spacial score (nSPS) is 12.8. The van der Waals surface area contributed by atoms with Crippen LogP contribution in [0.15, 0.2) is 18.2 Å². The number of non-ortho nitro benzene ring substituents is 1. The number of phenols is 1. The van der Waals surface area contributed by atoms with Gasteiger partial charge in [0, 0.05) is 12.1 Å². The van der Waals surface area contributed by atoms with E-state index in [0.717, 1.165) is 24.6 Å². The van der Waals surface area contributed by atoms with Crippen LogP contribution in [0.2, 0.25) is 0 Å². The molecule has 0 aliphatic heterocycles. The molecule has 0 radical (unpaired) electrons. The minimum atomic E-state index is -0.753. The van der Waals surface area contributed by atoms with E-state index in [4.69, 9.17) is 4.74 Å². The first kappa shape index (κ1) is 16.9. The van der Waals surface area contributed by atoms with E-state index < -0.39 is 10.9 Å². The van der Waals surface area contributed by atoms with Crippen LogP contribution in [0.25, 0.3) is 0 Å². The molecule has 116 valence electrons. The molecule has 21 heavy (non-hydrogen) atoms. The van der Waals surface area contributed by atoms with Gasteiger partial charge in [-0.25, -0.2) is 4.79 Å². The van der Waals surface area contributed by atoms with E-state index in [-0.39, 0.29) is 34.9 Å². The fourth-order valence-electron chi connectivity index (χ4n) is 2.20. The van der Waals surface area contributed by atoms with E-state index in [0.29, 0.717) is 0 Å². The van der Waals surface area contributed by atoms with Crippen molar-refractivity contribution >= 4 is 11.7 Å². The molecule has 0 aliphatic carbocycles. The Morgan fingerprint density at radius 1 is 1.43 bits per heavy atom. The van der Waals surface area contributed by atoms with Gasteiger partial charge in [0.2, 0.25) is 0 Å². The molecule has 0 fully saturated rings. The van der Waals surface area contributed by atoms with Gasteiger partial charge < -0.3 is 9.84 Å². The maximum atomic E-state index is 11.9. The van der Waals surface area contributed by atoms with Crippen molar-refractivity contribution in [2.45, 2.75) is 34.1 Å². The summed E-state index contributed by atoms with van der Waals surface area (Å²) in [6.07, 6.45) is 0.876. The molecule has 0 saturated carbocycles. The second kappa shape index (κ2) is 6.56. The summed E-state index contributed by atoms with van der Waals surface area (Å²) in [7, 11) is 0. The zero-order chi connectivity index (χ0) is 16.2. The topological polar surface area (TPSA) is 89.7 Å². The number of carbonyl (C=O) groups excluding carboxylic acids is 1. The summed E-state index contributed by atoms with van der Waals surface area (Å²) >= 11 is 0. The molecule has 1 rings (SSSR count). The van der Waals surface area contributed by atoms with Crippen molar-refractivity contribution in [1.29, 1.82) is 0 Å². The molecule has 0 spiro atoms. The van der Waals surface area contributed by atoms with E-state index in [1.165, 1.54) is 0 Å². The van der Waals surface area contributed by atoms with Crippen molar-refractivity contribution in [3.05, 3.63) is 33.9 Å². The predicted molar refractivity (Wildman–Crippen MR) is 78.3 cm³/mol. The summed E-state index contributed by atoms with van der Waals surface area (Å²) in [5.74, 6) is -0.916. The third-order valence-corrected chi connectivity index (χ3v) is 2.87. The van der Waals surface area contributed by atoms with Gasteiger partial charge in [-0.1, -0.05) is 27.7 Å². The van der Waals surface area contributed by atoms with Crippen LogP contribution in [0.3, 0.4) is 0 Å². The summed E-state index contributed by atoms with van der Waals surface area (Å²) in [5, 5.41) is 20.3. The number of aromatic hydroxyl groups is 1. The number of ether oxygens (including phenoxy) is 1. The molecular formula is C15H21NO5. The van der Waals surface area contributed by atoms with Crippen LogP contribution in [0.5, 0.6) is 5.75 Å². The van der Waals surface area contributed by atoms with Crippen molar-refractivity contribution in [3.8, 4) is 5.75 Å². The lowest BCUT2D eigenvalue weighted by molar-refractivity contribution is -0.384. The zero-order valence-corrected chi connectivity index (χ0v) is 12.8. The fraction of sp³-hybridized carbons (Fsp3) is 0.533. The maximum absolute atomic E-state index is 11.9. The van der Waals surface area contributed by atoms with Crippen LogP contribution in [0, 0.1) is 21.4 Å². The van der Waals surface area contributed by atoms with Crippen LogP contribution in [0.4, 0.5) is 5.69 Å². The van der Waals surface area contributed by atoms with Crippen LogP contribution in [0.1, 0.15) is 44.5 Å². The number of phenolic OH excluding ortho intramolecular Hbond substituents is 1. The van der Waals surface area contributed by atoms with Crippen LogP contribution in [-0.4, -0.2) is 22.6 Å². The molecule has 6 heteroatoms. The van der Waals surface area contributed by atoms with Gasteiger partial charge in [0.25, 0.3) is 5.69 Å². The van der Waals surface area contributed by atoms with E-state index in [1.54, 1.807) is 0 Å². The Kier molecular flexibility index (Phi) is 5.29. The number of nitro benzene ring substituents is 1. The van der Waals surface area contributed by atoms with Crippen molar-refractivity contribution in [2.75, 3.05) is 6.61 Å². The summed E-state index contributed by atoms with van der Waals surface area (Å²) in [5.41, 5.74) is -0.325. The smallest absolute Gasteiger partial charge is 0.342 e. The first-order valence-corrected chi connectivity index (χ1v) is 6.74. The van der Waals surface area contributed by atoms with Gasteiger partial charge >= 0.3 is 5.97 Å². The number of hydrogen-bond donors (Lipinski definition) is 1. The molecular weight excluding hydrogens is 274 g/mol. The summed E-state index contributed by atoms with van der Waals surface area (Å²) in [6, 6.07) is 3.27. The molecule has 1 unspecified atom stereocenters. The minimum absolute atomic E-state index is 0.125. The Balaban J connectivity index is 2.72. The molecule has 0 heterocycles. The van der Waals surface area contributed by atoms with Gasteiger partial charge in [-0.2, -0.15) is 0 Å². The molecule has 0 amide bonds. The highest BCUT2D eigenvalue weighted by molar-refractivity contribution is 5.93. The molecule has 1 aromatic rings. The average molecular weight is 295 g/mol. The number of nitrogens with zero attached hydrogens (tertiary/aromatic N) is 1. The van der Waals surface area contributed by atoms with E-state index >= 15 is 0 Å². The van der Waals surface area contributed by atoms with Crippen molar-refractivity contribution < 1.29 is 19.6 Å². The van der Waals surface area contributed by atoms with Gasteiger partial charge in [-0.3, -0.25) is 10.1 Å². The first-order valence-electron chi connectivity index (χ1n) is 6.74. The Hall–Kier alpha value is -2.11. The SMILES string of the molecule is CC(COC(=O)c1cc([N+](=O)[O-])ccc1O)CC(C)(C)C. The van der Waals surface area contributed by atoms with E-state index in [1.807, 2.05) is 6.92 Å². The van der Waals surface area contributed by atoms with Crippen LogP contribution in [-0.2, 0) is 4.74 Å². The van der Waals surface area contributed by atoms with Crippen LogP contribution < -0.4 is 0 Å². The quantitative estimate of drug-likeness (QED) is 0.510. The Morgan fingerprint density at radius 3 is 2.57 bits per heavy atom. The second-order valence-corrected chi connectivity index (χ2v) is 6.43. The minimum Gasteiger partial charge on any atom is -0.507 e. The Labute approximate surface area is 123 Å². The standard InChI is InChI=1S/C15H21NO5/c1-10(8-15(2,3)4)9-21-14(18)12-7-11(16(19)20)5-6-13(12)17/h5-7,10,17H,8-9H2,1-4H3. The highest BCUT2D eigenvalue weighted by Crippen LogP contribution is 2.26. The molecule has 1 atom stereocenters. The Morgan fingerprint density at radius 2 is 2.05 bits per heavy atom. The molecule has 0 saturated heterocycles. The fourth-order valence-corrected chi connectivity index (χ4v) is 2.20. The monoisotopic (exact) mass is 295 g/mol. The molecule has 0 aliphatic rings. The molecule has 1 N–H and O–H groups in total. The Bertz CT molecular complexity index is 533. The third kappa shape index (κ3) is 5.41. The van der Waals surface area contributed by atoms with Gasteiger partial charge in [-0.05, 0) is 23.8 Å². The van der Waals surface area contributed by atoms with E-state index in [2.05, 4.69) is 20.8 Å². The maximum Gasteiger partial charge on any atom is 0.342 e. The highest BCUT2D eigenvalue weighted by atomic mass is 16.6. The number of benzene rings is 1. The van der Waals surface area contributed by atoms with Crippen molar-refractivity contribution in [3.63, 3.8) is 0 Å². The summed E-state index contributed by atoms with van der Waals surface area (Å²) < 4.78 is 5.13. The number of rotatable bonds is 5. The van der Waals surface area contributed by atoms with Crippen LogP contribution >= 0.6 is 0 Å².